The fraction of sp³-hybridized carbons (Fsp3) is 0.235. The van der Waals surface area contributed by atoms with E-state index < -0.39 is 17.9 Å². The summed E-state index contributed by atoms with van der Waals surface area (Å²) in [6, 6.07) is 28.1. The molecule has 0 aromatic heterocycles. The van der Waals surface area contributed by atoms with Gasteiger partial charge in [-0.3, -0.25) is 4.79 Å². The second-order valence-corrected chi connectivity index (χ2v) is 11.1. The van der Waals surface area contributed by atoms with Crippen LogP contribution in [0.15, 0.2) is 84.9 Å². The summed E-state index contributed by atoms with van der Waals surface area (Å²) in [4.78, 5) is 25.0. The zero-order chi connectivity index (χ0) is 27.4. The van der Waals surface area contributed by atoms with Gasteiger partial charge >= 0.3 is 18.9 Å². The van der Waals surface area contributed by atoms with Gasteiger partial charge in [-0.2, -0.15) is 11.8 Å². The zero-order valence-corrected chi connectivity index (χ0v) is 24.1. The molecule has 0 bridgehead atoms. The van der Waals surface area contributed by atoms with E-state index in [1.165, 1.54) is 39.6 Å². The topological polar surface area (TPSA) is 69.2 Å². The van der Waals surface area contributed by atoms with Crippen molar-refractivity contribution in [3.8, 4) is 22.3 Å². The van der Waals surface area contributed by atoms with Gasteiger partial charge in [0.15, 0.2) is 0 Å². The van der Waals surface area contributed by atoms with Crippen molar-refractivity contribution in [1.82, 2.24) is 5.32 Å². The van der Waals surface area contributed by atoms with Crippen LogP contribution in [0, 0.1) is 6.92 Å². The molecule has 5 rings (SSSR count). The number of aliphatic carboxylic acids is 1. The standard InChI is InChI=1S/C34H33NO3S.Li/c1-22-8-3-5-12-27(22)30-20-23(15-17-29(30)33(36)35-31(34(37)38)18-19-39-2)14-16-24-10-7-11-26-21-25-9-4-6-13-28(25)32(24)26;/h3-13,15,17,20,31H,14,16,18-19,21H2,1-2H3,(H,35,36)(H,37,38);/q;+1/p-1/t31-;/m0./s1. The maximum atomic E-state index is 13.4. The largest absolute Gasteiger partial charge is 1.00 e. The zero-order valence-electron chi connectivity index (χ0n) is 23.3. The molecule has 0 saturated carbocycles. The average molecular weight is 542 g/mol. The van der Waals surface area contributed by atoms with Crippen molar-refractivity contribution >= 4 is 23.6 Å². The number of rotatable bonds is 10. The van der Waals surface area contributed by atoms with Gasteiger partial charge in [-0.05, 0) is 101 Å². The van der Waals surface area contributed by atoms with E-state index >= 15 is 0 Å². The molecule has 40 heavy (non-hydrogen) atoms. The molecule has 0 spiro atoms. The van der Waals surface area contributed by atoms with E-state index in [9.17, 15) is 14.7 Å². The Balaban J connectivity index is 0.00000370. The molecule has 0 unspecified atom stereocenters. The number of amides is 1. The molecular weight excluding hydrogens is 509 g/mol. The van der Waals surface area contributed by atoms with Crippen molar-refractivity contribution in [3.05, 3.63) is 118 Å². The summed E-state index contributed by atoms with van der Waals surface area (Å²) in [5, 5.41) is 14.4. The number of carbonyl (C=O) groups is 2. The van der Waals surface area contributed by atoms with E-state index in [-0.39, 0.29) is 18.9 Å². The van der Waals surface area contributed by atoms with Crippen LogP contribution in [-0.4, -0.2) is 29.9 Å². The van der Waals surface area contributed by atoms with Crippen LogP contribution < -0.4 is 29.3 Å². The fourth-order valence-corrected chi connectivity index (χ4v) is 5.99. The number of aryl methyl sites for hydroxylation is 3. The van der Waals surface area contributed by atoms with Crippen LogP contribution in [0.2, 0.25) is 0 Å². The molecule has 6 heteroatoms. The molecule has 4 nitrogen and oxygen atoms in total. The van der Waals surface area contributed by atoms with Crippen LogP contribution in [0.3, 0.4) is 0 Å². The van der Waals surface area contributed by atoms with Gasteiger partial charge in [-0.1, -0.05) is 78.9 Å². The van der Waals surface area contributed by atoms with Gasteiger partial charge in [-0.15, -0.1) is 0 Å². The van der Waals surface area contributed by atoms with E-state index in [2.05, 4.69) is 53.8 Å². The van der Waals surface area contributed by atoms with Crippen molar-refractivity contribution in [2.45, 2.75) is 38.6 Å². The second kappa shape index (κ2) is 13.4. The molecule has 4 aromatic rings. The SMILES string of the molecule is CSCC[C@H](NC(=O)c1ccc(CCc2cccc3c2-c2ccccc2C3)cc1-c1ccccc1C)C(=O)[O-].[Li+]. The van der Waals surface area contributed by atoms with Gasteiger partial charge in [0.25, 0.3) is 5.91 Å². The first kappa shape index (κ1) is 29.7. The predicted octanol–water partition coefficient (Wildman–Crippen LogP) is 2.62. The fourth-order valence-electron chi connectivity index (χ4n) is 5.52. The maximum absolute atomic E-state index is 13.4. The van der Waals surface area contributed by atoms with Gasteiger partial charge in [0.1, 0.15) is 0 Å². The number of benzene rings is 4. The molecule has 1 N–H and O–H groups in total. The molecule has 0 heterocycles. The van der Waals surface area contributed by atoms with Gasteiger partial charge in [-0.25, -0.2) is 0 Å². The van der Waals surface area contributed by atoms with Crippen LogP contribution in [0.25, 0.3) is 22.3 Å². The number of carboxylic acid groups (broad SMARTS) is 1. The van der Waals surface area contributed by atoms with E-state index in [0.29, 0.717) is 17.7 Å². The number of hydrogen-bond acceptors (Lipinski definition) is 4. The Morgan fingerprint density at radius 2 is 1.60 bits per heavy atom. The summed E-state index contributed by atoms with van der Waals surface area (Å²) in [5.41, 5.74) is 11.2. The summed E-state index contributed by atoms with van der Waals surface area (Å²) in [5.74, 6) is -1.04. The van der Waals surface area contributed by atoms with Crippen LogP contribution in [0.4, 0.5) is 0 Å². The molecule has 4 aromatic carbocycles. The van der Waals surface area contributed by atoms with Gasteiger partial charge in [0, 0.05) is 5.56 Å². The third-order valence-corrected chi connectivity index (χ3v) is 8.20. The molecular formula is C34H32LiNO3S. The number of hydrogen-bond donors (Lipinski definition) is 1. The van der Waals surface area contributed by atoms with E-state index in [1.807, 2.05) is 49.6 Å². The number of thioether (sulfide) groups is 1. The molecule has 1 aliphatic carbocycles. The minimum absolute atomic E-state index is 0. The van der Waals surface area contributed by atoms with Crippen molar-refractivity contribution in [1.29, 1.82) is 0 Å². The first-order chi connectivity index (χ1) is 19.0. The first-order valence-corrected chi connectivity index (χ1v) is 14.7. The number of carbonyl (C=O) groups excluding carboxylic acids is 2. The summed E-state index contributed by atoms with van der Waals surface area (Å²) in [6.45, 7) is 2.02. The first-order valence-electron chi connectivity index (χ1n) is 13.3. The molecule has 0 fully saturated rings. The van der Waals surface area contributed by atoms with Crippen molar-refractivity contribution < 1.29 is 33.6 Å². The Morgan fingerprint density at radius 1 is 0.875 bits per heavy atom. The smallest absolute Gasteiger partial charge is 0.548 e. The van der Waals surface area contributed by atoms with E-state index in [0.717, 1.165) is 41.5 Å². The molecule has 1 atom stereocenters. The maximum Gasteiger partial charge on any atom is 1.00 e. The van der Waals surface area contributed by atoms with Gasteiger partial charge in [0.05, 0.1) is 12.0 Å². The molecule has 0 saturated heterocycles. The van der Waals surface area contributed by atoms with Crippen molar-refractivity contribution in [2.75, 3.05) is 12.0 Å². The van der Waals surface area contributed by atoms with Crippen LogP contribution in [0.5, 0.6) is 0 Å². The van der Waals surface area contributed by atoms with Crippen molar-refractivity contribution in [2.24, 2.45) is 0 Å². The summed E-state index contributed by atoms with van der Waals surface area (Å²) in [6.07, 6.45) is 4.92. The molecule has 1 aliphatic rings. The van der Waals surface area contributed by atoms with Crippen LogP contribution in [0.1, 0.15) is 44.6 Å². The summed E-state index contributed by atoms with van der Waals surface area (Å²) >= 11 is 1.54. The van der Waals surface area contributed by atoms with Crippen LogP contribution in [-0.2, 0) is 24.1 Å². The Kier molecular flexibility index (Phi) is 9.98. The molecule has 0 radical (unpaired) electrons. The Bertz CT molecular complexity index is 1530. The molecule has 198 valence electrons. The van der Waals surface area contributed by atoms with E-state index in [1.54, 1.807) is 0 Å². The average Bonchev–Trinajstić information content (AvgIpc) is 3.33. The number of nitrogens with one attached hydrogen (secondary N) is 1. The Morgan fingerprint density at radius 3 is 2.35 bits per heavy atom. The van der Waals surface area contributed by atoms with Gasteiger partial charge < -0.3 is 15.2 Å². The quantitative estimate of drug-likeness (QED) is 0.276. The number of carboxylic acids is 1. The molecule has 1 amide bonds. The Hall–Kier alpha value is -3.23. The third kappa shape index (κ3) is 6.39. The summed E-state index contributed by atoms with van der Waals surface area (Å²) < 4.78 is 0. The minimum atomic E-state index is -1.26. The minimum Gasteiger partial charge on any atom is -0.548 e. The predicted molar refractivity (Wildman–Crippen MR) is 158 cm³/mol. The second-order valence-electron chi connectivity index (χ2n) is 10.1. The Labute approximate surface area is 252 Å². The van der Waals surface area contributed by atoms with Crippen molar-refractivity contribution in [3.63, 3.8) is 0 Å². The normalized spacial score (nSPS) is 12.2. The third-order valence-electron chi connectivity index (χ3n) is 7.55. The van der Waals surface area contributed by atoms with Crippen LogP contribution >= 0.6 is 11.8 Å². The summed E-state index contributed by atoms with van der Waals surface area (Å²) in [7, 11) is 0. The van der Waals surface area contributed by atoms with E-state index in [4.69, 9.17) is 0 Å². The molecule has 0 aliphatic heterocycles. The monoisotopic (exact) mass is 541 g/mol. The van der Waals surface area contributed by atoms with Gasteiger partial charge in [0.2, 0.25) is 0 Å². The number of fused-ring (bicyclic) bond motifs is 3.